The van der Waals surface area contributed by atoms with Gasteiger partial charge in [0.25, 0.3) is 0 Å². The minimum Gasteiger partial charge on any atom is -0.380 e. The van der Waals surface area contributed by atoms with Crippen LogP contribution in [0.1, 0.15) is 11.1 Å². The summed E-state index contributed by atoms with van der Waals surface area (Å²) in [5, 5.41) is 8.66. The van der Waals surface area contributed by atoms with Crippen LogP contribution in [-0.2, 0) is 11.3 Å². The Bertz CT molecular complexity index is 359. The van der Waals surface area contributed by atoms with Crippen LogP contribution in [-0.4, -0.2) is 7.11 Å². The van der Waals surface area contributed by atoms with Gasteiger partial charge in [0.05, 0.1) is 12.2 Å². The molecule has 2 nitrogen and oxygen atoms in total. The summed E-state index contributed by atoms with van der Waals surface area (Å²) in [6.07, 6.45) is 0. The molecule has 0 radical (unpaired) electrons. The molecule has 0 aromatic heterocycles. The van der Waals surface area contributed by atoms with Gasteiger partial charge in [-0.05, 0) is 28.1 Å². The van der Waals surface area contributed by atoms with Gasteiger partial charge in [0.15, 0.2) is 0 Å². The Kier molecular flexibility index (Phi) is 3.40. The van der Waals surface area contributed by atoms with Crippen molar-refractivity contribution in [2.45, 2.75) is 6.61 Å². The van der Waals surface area contributed by atoms with Gasteiger partial charge < -0.3 is 4.74 Å². The second-order valence-electron chi connectivity index (χ2n) is 2.47. The van der Waals surface area contributed by atoms with Gasteiger partial charge in [-0.25, -0.2) is 4.39 Å². The van der Waals surface area contributed by atoms with Crippen LogP contribution in [0.25, 0.3) is 0 Å². The molecule has 0 N–H and O–H groups in total. The summed E-state index contributed by atoms with van der Waals surface area (Å²) < 4.78 is 18.4. The first-order chi connectivity index (χ1) is 6.19. The Balaban J connectivity index is 3.16. The molecule has 0 amide bonds. The van der Waals surface area contributed by atoms with E-state index in [2.05, 4.69) is 15.9 Å². The topological polar surface area (TPSA) is 33.0 Å². The molecule has 0 aliphatic carbocycles. The lowest BCUT2D eigenvalue weighted by atomic mass is 10.1. The molecule has 0 bridgehead atoms. The summed E-state index contributed by atoms with van der Waals surface area (Å²) in [5.74, 6) is -0.368. The van der Waals surface area contributed by atoms with Gasteiger partial charge in [0.1, 0.15) is 11.9 Å². The van der Waals surface area contributed by atoms with Crippen LogP contribution in [0.5, 0.6) is 0 Å². The van der Waals surface area contributed by atoms with Crippen molar-refractivity contribution in [3.05, 3.63) is 33.5 Å². The maximum Gasteiger partial charge on any atom is 0.129 e. The second kappa shape index (κ2) is 4.35. The van der Waals surface area contributed by atoms with Gasteiger partial charge in [0, 0.05) is 17.1 Å². The number of nitriles is 1. The molecule has 0 aliphatic rings. The molecule has 0 saturated carbocycles. The van der Waals surface area contributed by atoms with Crippen molar-refractivity contribution < 1.29 is 9.13 Å². The Labute approximate surface area is 84.1 Å². The fraction of sp³-hybridized carbons (Fsp3) is 0.222. The SMILES string of the molecule is COCc1cc(C#N)c(Br)cc1F. The summed E-state index contributed by atoms with van der Waals surface area (Å²) >= 11 is 3.09. The van der Waals surface area contributed by atoms with Gasteiger partial charge in [0.2, 0.25) is 0 Å². The van der Waals surface area contributed by atoms with Gasteiger partial charge >= 0.3 is 0 Å². The average molecular weight is 244 g/mol. The zero-order chi connectivity index (χ0) is 9.84. The largest absolute Gasteiger partial charge is 0.380 e. The lowest BCUT2D eigenvalue weighted by Crippen LogP contribution is -1.94. The summed E-state index contributed by atoms with van der Waals surface area (Å²) in [7, 11) is 1.48. The molecule has 1 rings (SSSR count). The number of methoxy groups -OCH3 is 1. The van der Waals surface area contributed by atoms with E-state index in [9.17, 15) is 4.39 Å². The first-order valence-corrected chi connectivity index (χ1v) is 4.35. The summed E-state index contributed by atoms with van der Waals surface area (Å²) in [6.45, 7) is 0.174. The van der Waals surface area contributed by atoms with Crippen molar-refractivity contribution in [2.24, 2.45) is 0 Å². The lowest BCUT2D eigenvalue weighted by molar-refractivity contribution is 0.181. The van der Waals surface area contributed by atoms with Crippen molar-refractivity contribution in [1.29, 1.82) is 5.26 Å². The van der Waals surface area contributed by atoms with Crippen LogP contribution in [0.15, 0.2) is 16.6 Å². The maximum absolute atomic E-state index is 13.1. The van der Waals surface area contributed by atoms with Crippen molar-refractivity contribution in [3.63, 3.8) is 0 Å². The van der Waals surface area contributed by atoms with E-state index < -0.39 is 0 Å². The molecular weight excluding hydrogens is 237 g/mol. The molecule has 4 heteroatoms. The Hall–Kier alpha value is -0.920. The van der Waals surface area contributed by atoms with Crippen LogP contribution < -0.4 is 0 Å². The van der Waals surface area contributed by atoms with Crippen LogP contribution in [0.3, 0.4) is 0 Å². The molecule has 0 spiro atoms. The minimum atomic E-state index is -0.368. The third-order valence-electron chi connectivity index (χ3n) is 1.56. The van der Waals surface area contributed by atoms with E-state index in [1.807, 2.05) is 6.07 Å². The molecule has 13 heavy (non-hydrogen) atoms. The number of ether oxygens (including phenoxy) is 1. The molecule has 0 saturated heterocycles. The Morgan fingerprint density at radius 1 is 1.62 bits per heavy atom. The summed E-state index contributed by atoms with van der Waals surface area (Å²) in [4.78, 5) is 0. The van der Waals surface area contributed by atoms with Crippen molar-refractivity contribution in [1.82, 2.24) is 0 Å². The van der Waals surface area contributed by atoms with Gasteiger partial charge in [-0.2, -0.15) is 5.26 Å². The van der Waals surface area contributed by atoms with E-state index in [0.29, 0.717) is 15.6 Å². The van der Waals surface area contributed by atoms with E-state index >= 15 is 0 Å². The number of benzene rings is 1. The number of hydrogen-bond acceptors (Lipinski definition) is 2. The normalized spacial score (nSPS) is 9.69. The quantitative estimate of drug-likeness (QED) is 0.801. The predicted molar refractivity (Wildman–Crippen MR) is 49.5 cm³/mol. The summed E-state index contributed by atoms with van der Waals surface area (Å²) in [6, 6.07) is 4.70. The highest BCUT2D eigenvalue weighted by Crippen LogP contribution is 2.20. The van der Waals surface area contributed by atoms with Crippen molar-refractivity contribution in [3.8, 4) is 6.07 Å². The van der Waals surface area contributed by atoms with Crippen LogP contribution in [0, 0.1) is 17.1 Å². The van der Waals surface area contributed by atoms with E-state index in [0.717, 1.165) is 0 Å². The highest BCUT2D eigenvalue weighted by Gasteiger charge is 2.07. The van der Waals surface area contributed by atoms with Crippen LogP contribution >= 0.6 is 15.9 Å². The van der Waals surface area contributed by atoms with E-state index in [-0.39, 0.29) is 12.4 Å². The highest BCUT2D eigenvalue weighted by molar-refractivity contribution is 9.10. The molecule has 0 fully saturated rings. The maximum atomic E-state index is 13.1. The molecule has 0 atom stereocenters. The first-order valence-electron chi connectivity index (χ1n) is 3.56. The van der Waals surface area contributed by atoms with Crippen LogP contribution in [0.4, 0.5) is 4.39 Å². The standard InChI is InChI=1S/C9H7BrFNO/c1-13-5-7-2-6(4-12)8(10)3-9(7)11/h2-3H,5H2,1H3. The monoisotopic (exact) mass is 243 g/mol. The first kappa shape index (κ1) is 10.2. The number of nitrogens with zero attached hydrogens (tertiary/aromatic N) is 1. The van der Waals surface area contributed by atoms with Gasteiger partial charge in [-0.3, -0.25) is 0 Å². The molecule has 1 aromatic rings. The molecule has 0 aliphatic heterocycles. The molecule has 0 unspecified atom stereocenters. The fourth-order valence-corrected chi connectivity index (χ4v) is 1.35. The van der Waals surface area contributed by atoms with E-state index in [1.165, 1.54) is 19.2 Å². The molecular formula is C9H7BrFNO. The average Bonchev–Trinajstić information content (AvgIpc) is 2.10. The number of halogens is 2. The van der Waals surface area contributed by atoms with E-state index in [1.54, 1.807) is 0 Å². The van der Waals surface area contributed by atoms with Gasteiger partial charge in [-0.1, -0.05) is 0 Å². The van der Waals surface area contributed by atoms with Crippen LogP contribution in [0.2, 0.25) is 0 Å². The Morgan fingerprint density at radius 2 is 2.31 bits per heavy atom. The zero-order valence-corrected chi connectivity index (χ0v) is 8.56. The summed E-state index contributed by atoms with van der Waals surface area (Å²) in [5.41, 5.74) is 0.802. The Morgan fingerprint density at radius 3 is 2.85 bits per heavy atom. The third kappa shape index (κ3) is 2.27. The lowest BCUT2D eigenvalue weighted by Gasteiger charge is -2.03. The molecule has 0 heterocycles. The molecule has 68 valence electrons. The van der Waals surface area contributed by atoms with E-state index in [4.69, 9.17) is 10.00 Å². The predicted octanol–water partition coefficient (Wildman–Crippen LogP) is 2.61. The smallest absolute Gasteiger partial charge is 0.129 e. The zero-order valence-electron chi connectivity index (χ0n) is 6.97. The fourth-order valence-electron chi connectivity index (χ4n) is 0.946. The minimum absolute atomic E-state index is 0.174. The highest BCUT2D eigenvalue weighted by atomic mass is 79.9. The number of rotatable bonds is 2. The third-order valence-corrected chi connectivity index (χ3v) is 2.21. The number of hydrogen-bond donors (Lipinski definition) is 0. The molecule has 1 aromatic carbocycles. The van der Waals surface area contributed by atoms with Crippen molar-refractivity contribution in [2.75, 3.05) is 7.11 Å². The van der Waals surface area contributed by atoms with Gasteiger partial charge in [-0.15, -0.1) is 0 Å². The second-order valence-corrected chi connectivity index (χ2v) is 3.32. The van der Waals surface area contributed by atoms with Crippen molar-refractivity contribution >= 4 is 15.9 Å².